The van der Waals surface area contributed by atoms with E-state index in [-0.39, 0.29) is 12.3 Å². The van der Waals surface area contributed by atoms with Gasteiger partial charge in [0.05, 0.1) is 23.4 Å². The minimum Gasteiger partial charge on any atom is -0.361 e. The molecule has 0 radical (unpaired) electrons. The Labute approximate surface area is 286 Å². The molecule has 6 rings (SSSR count). The molecule has 2 N–H and O–H groups in total. The van der Waals surface area contributed by atoms with Gasteiger partial charge in [-0.2, -0.15) is 5.10 Å². The van der Waals surface area contributed by atoms with E-state index >= 15 is 0 Å². The van der Waals surface area contributed by atoms with E-state index in [2.05, 4.69) is 34.7 Å². The Morgan fingerprint density at radius 3 is 2.45 bits per heavy atom. The van der Waals surface area contributed by atoms with Gasteiger partial charge in [-0.1, -0.05) is 43.9 Å². The number of benzene rings is 2. The molecule has 0 spiro atoms. The maximum Gasteiger partial charge on any atom is 0.282 e. The second kappa shape index (κ2) is 13.3. The Bertz CT molecular complexity index is 2330. The molecule has 4 heterocycles. The van der Waals surface area contributed by atoms with Gasteiger partial charge in [-0.3, -0.25) is 14.1 Å². The van der Waals surface area contributed by atoms with Crippen molar-refractivity contribution in [2.24, 2.45) is 0 Å². The summed E-state index contributed by atoms with van der Waals surface area (Å²) in [5, 5.41) is 9.19. The molecule has 49 heavy (non-hydrogen) atoms. The molecule has 0 fully saturated rings. The molecule has 6 aromatic rings. The maximum absolute atomic E-state index is 14.0. The van der Waals surface area contributed by atoms with Gasteiger partial charge < -0.3 is 14.6 Å². The summed E-state index contributed by atoms with van der Waals surface area (Å²) in [5.41, 5.74) is 5.53. The van der Waals surface area contributed by atoms with Gasteiger partial charge >= 0.3 is 0 Å². The summed E-state index contributed by atoms with van der Waals surface area (Å²) in [5.74, 6) is 1.03. The standard InChI is InChI=1S/C35H42N8O4SSi/c1-23-13-14-26(40-48(4,45)46)19-28(23)29-20-41(22-47-17-18-49(5,6)7)34-30(29)32(36-21-37-34)38-25(3)33-39-42-16-15-24(2)31(42)35(44)43(33)27-11-9-8-10-12-27/h8-16,19-21,25,40H,17-18,22H2,1-7H3,(H,36,37,38). The van der Waals surface area contributed by atoms with Crippen LogP contribution >= 0.6 is 0 Å². The van der Waals surface area contributed by atoms with Gasteiger partial charge in [-0.25, -0.2) is 22.9 Å². The summed E-state index contributed by atoms with van der Waals surface area (Å²) in [6.07, 6.45) is 6.40. The molecule has 4 aromatic heterocycles. The largest absolute Gasteiger partial charge is 0.361 e. The van der Waals surface area contributed by atoms with Crippen molar-refractivity contribution in [2.75, 3.05) is 22.9 Å². The Morgan fingerprint density at radius 1 is 0.980 bits per heavy atom. The number of hydrogen-bond acceptors (Lipinski definition) is 8. The van der Waals surface area contributed by atoms with Gasteiger partial charge in [0.2, 0.25) is 10.0 Å². The second-order valence-corrected chi connectivity index (χ2v) is 21.0. The van der Waals surface area contributed by atoms with Crippen molar-refractivity contribution in [1.82, 2.24) is 28.7 Å². The number of aromatic nitrogens is 6. The Hall–Kier alpha value is -4.79. The summed E-state index contributed by atoms with van der Waals surface area (Å²) < 4.78 is 38.2. The number of sulfonamides is 1. The Morgan fingerprint density at radius 2 is 1.73 bits per heavy atom. The number of ether oxygens (including phenoxy) is 1. The van der Waals surface area contributed by atoms with Crippen LogP contribution in [0.3, 0.4) is 0 Å². The van der Waals surface area contributed by atoms with Gasteiger partial charge in [0.25, 0.3) is 5.56 Å². The fraction of sp³-hybridized carbons (Fsp3) is 0.314. The SMILES string of the molecule is Cc1ccc(NS(C)(=O)=O)cc1-c1cn(COCC[Si](C)(C)C)c2ncnc(NC(C)c3nn4ccc(C)c4c(=O)n3-c3ccccc3)c12. The minimum absolute atomic E-state index is 0.173. The van der Waals surface area contributed by atoms with Gasteiger partial charge in [0.1, 0.15) is 30.0 Å². The highest BCUT2D eigenvalue weighted by atomic mass is 32.2. The third-order valence-corrected chi connectivity index (χ3v) is 10.7. The first-order chi connectivity index (χ1) is 23.2. The summed E-state index contributed by atoms with van der Waals surface area (Å²) >= 11 is 0. The zero-order valence-corrected chi connectivity index (χ0v) is 30.7. The van der Waals surface area contributed by atoms with Gasteiger partial charge in [0, 0.05) is 38.3 Å². The third kappa shape index (κ3) is 7.31. The zero-order chi connectivity index (χ0) is 35.1. The Kier molecular flexibility index (Phi) is 9.22. The molecule has 256 valence electrons. The van der Waals surface area contributed by atoms with Crippen molar-refractivity contribution >= 4 is 46.2 Å². The lowest BCUT2D eigenvalue weighted by Crippen LogP contribution is -2.29. The summed E-state index contributed by atoms with van der Waals surface area (Å²) in [4.78, 5) is 23.4. The second-order valence-electron chi connectivity index (χ2n) is 13.7. The van der Waals surface area contributed by atoms with Crippen molar-refractivity contribution in [1.29, 1.82) is 0 Å². The molecule has 0 amide bonds. The lowest BCUT2D eigenvalue weighted by molar-refractivity contribution is 0.0899. The number of nitrogens with zero attached hydrogens (tertiary/aromatic N) is 6. The van der Waals surface area contributed by atoms with Crippen LogP contribution in [-0.4, -0.2) is 58.1 Å². The summed E-state index contributed by atoms with van der Waals surface area (Å²) in [6.45, 7) is 13.7. The van der Waals surface area contributed by atoms with Crippen LogP contribution in [0.1, 0.15) is 29.9 Å². The first-order valence-corrected chi connectivity index (χ1v) is 21.7. The number of nitrogens with one attached hydrogen (secondary N) is 2. The lowest BCUT2D eigenvalue weighted by Gasteiger charge is -2.20. The van der Waals surface area contributed by atoms with Crippen LogP contribution in [0.4, 0.5) is 11.5 Å². The summed E-state index contributed by atoms with van der Waals surface area (Å²) in [6, 6.07) is 17.3. The third-order valence-electron chi connectivity index (χ3n) is 8.38. The fourth-order valence-corrected chi connectivity index (χ4v) is 7.19. The number of hydrogen-bond donors (Lipinski definition) is 2. The van der Waals surface area contributed by atoms with E-state index in [0.717, 1.165) is 39.9 Å². The molecular weight excluding hydrogens is 657 g/mol. The minimum atomic E-state index is -3.50. The molecule has 14 heteroatoms. The average molecular weight is 699 g/mol. The molecular formula is C35H42N8O4SSi. The number of aryl methyl sites for hydroxylation is 2. The molecule has 1 unspecified atom stereocenters. The highest BCUT2D eigenvalue weighted by Crippen LogP contribution is 2.38. The maximum atomic E-state index is 14.0. The first kappa shape index (κ1) is 34.1. The predicted octanol–water partition coefficient (Wildman–Crippen LogP) is 6.37. The zero-order valence-electron chi connectivity index (χ0n) is 28.9. The van der Waals surface area contributed by atoms with Crippen molar-refractivity contribution in [3.63, 3.8) is 0 Å². The number of para-hydroxylation sites is 1. The van der Waals surface area contributed by atoms with E-state index < -0.39 is 24.1 Å². The lowest BCUT2D eigenvalue weighted by atomic mass is 10.00. The Balaban J connectivity index is 1.49. The van der Waals surface area contributed by atoms with Gasteiger partial charge in [-0.15, -0.1) is 0 Å². The highest BCUT2D eigenvalue weighted by molar-refractivity contribution is 7.92. The van der Waals surface area contributed by atoms with E-state index in [1.807, 2.05) is 80.1 Å². The average Bonchev–Trinajstić information content (AvgIpc) is 3.60. The molecule has 12 nitrogen and oxygen atoms in total. The van der Waals surface area contributed by atoms with Crippen LogP contribution in [0.15, 0.2) is 78.1 Å². The van der Waals surface area contributed by atoms with Gasteiger partial charge in [-0.05, 0) is 73.8 Å². The molecule has 0 aliphatic rings. The quantitative estimate of drug-likeness (QED) is 0.111. The molecule has 2 aromatic carbocycles. The molecule has 0 bridgehead atoms. The summed E-state index contributed by atoms with van der Waals surface area (Å²) in [7, 11) is -4.80. The molecule has 0 aliphatic carbocycles. The smallest absolute Gasteiger partial charge is 0.282 e. The molecule has 0 aliphatic heterocycles. The number of anilines is 2. The van der Waals surface area contributed by atoms with Crippen LogP contribution in [0.2, 0.25) is 25.7 Å². The van der Waals surface area contributed by atoms with Crippen LogP contribution < -0.4 is 15.6 Å². The van der Waals surface area contributed by atoms with Crippen molar-refractivity contribution < 1.29 is 13.2 Å². The topological polar surface area (TPSA) is 137 Å². The molecule has 0 saturated carbocycles. The van der Waals surface area contributed by atoms with Crippen LogP contribution in [0.25, 0.3) is 33.4 Å². The molecule has 1 atom stereocenters. The van der Waals surface area contributed by atoms with E-state index in [1.165, 1.54) is 6.33 Å². The van der Waals surface area contributed by atoms with Gasteiger partial charge in [0.15, 0.2) is 5.82 Å². The fourth-order valence-electron chi connectivity index (χ4n) is 5.87. The normalized spacial score (nSPS) is 12.9. The van der Waals surface area contributed by atoms with Crippen LogP contribution in [-0.2, 0) is 21.5 Å². The highest BCUT2D eigenvalue weighted by Gasteiger charge is 2.24. The van der Waals surface area contributed by atoms with Crippen molar-refractivity contribution in [2.45, 2.75) is 59.2 Å². The first-order valence-electron chi connectivity index (χ1n) is 16.1. The monoisotopic (exact) mass is 698 g/mol. The predicted molar refractivity (Wildman–Crippen MR) is 198 cm³/mol. The number of fused-ring (bicyclic) bond motifs is 2. The van der Waals surface area contributed by atoms with Crippen molar-refractivity contribution in [3.8, 4) is 16.8 Å². The van der Waals surface area contributed by atoms with E-state index in [0.29, 0.717) is 40.8 Å². The molecule has 0 saturated heterocycles. The van der Waals surface area contributed by atoms with E-state index in [9.17, 15) is 13.2 Å². The van der Waals surface area contributed by atoms with Crippen molar-refractivity contribution in [3.05, 3.63) is 101 Å². The van der Waals surface area contributed by atoms with E-state index in [4.69, 9.17) is 14.8 Å². The number of rotatable bonds is 12. The van der Waals surface area contributed by atoms with E-state index in [1.54, 1.807) is 21.3 Å². The van der Waals surface area contributed by atoms with Crippen LogP contribution in [0, 0.1) is 13.8 Å². The van der Waals surface area contributed by atoms with Crippen LogP contribution in [0.5, 0.6) is 0 Å².